The zero-order valence-electron chi connectivity index (χ0n) is 12.9. The topological polar surface area (TPSA) is 80.0 Å². The van der Waals surface area contributed by atoms with Gasteiger partial charge in [-0.1, -0.05) is 0 Å². The summed E-state index contributed by atoms with van der Waals surface area (Å²) in [4.78, 5) is 11.5. The summed E-state index contributed by atoms with van der Waals surface area (Å²) in [6, 6.07) is 1.85. The van der Waals surface area contributed by atoms with Crippen LogP contribution in [-0.2, 0) is 9.53 Å². The molecule has 0 heterocycles. The van der Waals surface area contributed by atoms with Crippen molar-refractivity contribution < 1.29 is 28.1 Å². The first-order valence-electron chi connectivity index (χ1n) is 6.36. The molecule has 0 aliphatic rings. The van der Waals surface area contributed by atoms with Crippen LogP contribution in [0.2, 0.25) is 0 Å². The molecular formula is C14H21ClFNO5. The van der Waals surface area contributed by atoms with E-state index in [1.54, 1.807) is 13.0 Å². The summed E-state index contributed by atoms with van der Waals surface area (Å²) in [5, 5.41) is 0. The highest BCUT2D eigenvalue weighted by Crippen LogP contribution is 2.42. The molecule has 0 saturated heterocycles. The zero-order chi connectivity index (χ0) is 16.0. The molecule has 6 nitrogen and oxygen atoms in total. The first-order valence-corrected chi connectivity index (χ1v) is 6.36. The summed E-state index contributed by atoms with van der Waals surface area (Å²) < 4.78 is 34.2. The van der Waals surface area contributed by atoms with E-state index in [1.165, 1.54) is 27.4 Å². The third-order valence-electron chi connectivity index (χ3n) is 2.92. The van der Waals surface area contributed by atoms with Crippen LogP contribution in [0.25, 0.3) is 0 Å². The second-order valence-corrected chi connectivity index (χ2v) is 4.10. The molecule has 0 aliphatic carbocycles. The Labute approximate surface area is 135 Å². The van der Waals surface area contributed by atoms with E-state index in [0.717, 1.165) is 0 Å². The maximum Gasteiger partial charge on any atom is 0.342 e. The van der Waals surface area contributed by atoms with Gasteiger partial charge in [-0.3, -0.25) is 0 Å². The van der Waals surface area contributed by atoms with Gasteiger partial charge in [-0.05, 0) is 19.1 Å². The van der Waals surface area contributed by atoms with Crippen LogP contribution in [-0.4, -0.2) is 40.1 Å². The number of esters is 1. The van der Waals surface area contributed by atoms with Crippen LogP contribution in [0.4, 0.5) is 4.39 Å². The number of alkyl halides is 1. The minimum Gasteiger partial charge on any atom is -0.493 e. The van der Waals surface area contributed by atoms with Crippen LogP contribution in [0.5, 0.6) is 17.2 Å². The predicted molar refractivity (Wildman–Crippen MR) is 81.8 cm³/mol. The number of benzene rings is 1. The number of halogens is 2. The molecule has 0 spiro atoms. The van der Waals surface area contributed by atoms with Crippen molar-refractivity contribution in [2.24, 2.45) is 5.73 Å². The van der Waals surface area contributed by atoms with Gasteiger partial charge in [0.15, 0.2) is 11.5 Å². The normalized spacial score (nSPS) is 12.6. The highest BCUT2D eigenvalue weighted by Gasteiger charge is 2.31. The van der Waals surface area contributed by atoms with Gasteiger partial charge < -0.3 is 24.7 Å². The largest absolute Gasteiger partial charge is 0.493 e. The van der Waals surface area contributed by atoms with Crippen LogP contribution < -0.4 is 19.9 Å². The minimum absolute atomic E-state index is 0. The quantitative estimate of drug-likeness (QED) is 0.767. The molecule has 22 heavy (non-hydrogen) atoms. The van der Waals surface area contributed by atoms with Crippen molar-refractivity contribution in [2.45, 2.75) is 19.1 Å². The third kappa shape index (κ3) is 4.14. The molecule has 1 aromatic rings. The van der Waals surface area contributed by atoms with Crippen molar-refractivity contribution in [3.63, 3.8) is 0 Å². The second kappa shape index (κ2) is 9.32. The van der Waals surface area contributed by atoms with Gasteiger partial charge in [-0.25, -0.2) is 9.18 Å². The number of carbonyl (C=O) groups is 1. The smallest absolute Gasteiger partial charge is 0.342 e. The highest BCUT2D eigenvalue weighted by molar-refractivity contribution is 5.85. The SMILES string of the molecule is CCOC(=O)C(F)[C@@H](N)c1ccc(OC)c(OC)c1OC.Cl. The number of carbonyl (C=O) groups excluding carboxylic acids is 1. The standard InChI is InChI=1S/C14H20FNO5.ClH/c1-5-21-14(17)10(15)11(16)8-6-7-9(18-2)13(20-4)12(8)19-3;/h6-7,10-11H,5,16H2,1-4H3;1H/t10?,11-;/m0./s1. The lowest BCUT2D eigenvalue weighted by Crippen LogP contribution is -2.31. The summed E-state index contributed by atoms with van der Waals surface area (Å²) in [5.41, 5.74) is 6.10. The first-order chi connectivity index (χ1) is 10.0. The van der Waals surface area contributed by atoms with Crippen molar-refractivity contribution in [2.75, 3.05) is 27.9 Å². The first kappa shape index (κ1) is 20.3. The predicted octanol–water partition coefficient (Wildman–Crippen LogP) is 2.04. The average molecular weight is 338 g/mol. The number of methoxy groups -OCH3 is 3. The van der Waals surface area contributed by atoms with Gasteiger partial charge in [-0.15, -0.1) is 12.4 Å². The molecule has 0 fully saturated rings. The average Bonchev–Trinajstić information content (AvgIpc) is 2.51. The summed E-state index contributed by atoms with van der Waals surface area (Å²) in [6.07, 6.45) is -2.00. The molecule has 0 radical (unpaired) electrons. The van der Waals surface area contributed by atoms with Gasteiger partial charge in [0, 0.05) is 5.56 Å². The Morgan fingerprint density at radius 3 is 2.23 bits per heavy atom. The van der Waals surface area contributed by atoms with Gasteiger partial charge in [-0.2, -0.15) is 0 Å². The maximum atomic E-state index is 14.1. The number of rotatable bonds is 7. The molecule has 1 aromatic carbocycles. The molecule has 0 saturated carbocycles. The molecule has 1 unspecified atom stereocenters. The Balaban J connectivity index is 0.00000441. The van der Waals surface area contributed by atoms with Crippen LogP contribution in [0.3, 0.4) is 0 Å². The number of hydrogen-bond acceptors (Lipinski definition) is 6. The van der Waals surface area contributed by atoms with Crippen LogP contribution in [0, 0.1) is 0 Å². The summed E-state index contributed by atoms with van der Waals surface area (Å²) in [7, 11) is 4.28. The lowest BCUT2D eigenvalue weighted by Gasteiger charge is -2.21. The van der Waals surface area contributed by atoms with Gasteiger partial charge in [0.1, 0.15) is 0 Å². The van der Waals surface area contributed by atoms with Gasteiger partial charge >= 0.3 is 5.97 Å². The molecule has 0 bridgehead atoms. The monoisotopic (exact) mass is 337 g/mol. The molecule has 2 atom stereocenters. The van der Waals surface area contributed by atoms with E-state index in [9.17, 15) is 9.18 Å². The fraction of sp³-hybridized carbons (Fsp3) is 0.500. The number of hydrogen-bond donors (Lipinski definition) is 1. The lowest BCUT2D eigenvalue weighted by molar-refractivity contribution is -0.149. The highest BCUT2D eigenvalue weighted by atomic mass is 35.5. The molecular weight excluding hydrogens is 317 g/mol. The van der Waals surface area contributed by atoms with Crippen molar-refractivity contribution in [1.29, 1.82) is 0 Å². The molecule has 2 N–H and O–H groups in total. The van der Waals surface area contributed by atoms with E-state index in [4.69, 9.17) is 19.9 Å². The van der Waals surface area contributed by atoms with Gasteiger partial charge in [0.05, 0.1) is 34.0 Å². The van der Waals surface area contributed by atoms with E-state index in [2.05, 4.69) is 4.74 Å². The van der Waals surface area contributed by atoms with Crippen LogP contribution >= 0.6 is 12.4 Å². The second-order valence-electron chi connectivity index (χ2n) is 4.10. The van der Waals surface area contributed by atoms with Crippen molar-refractivity contribution in [3.05, 3.63) is 17.7 Å². The van der Waals surface area contributed by atoms with E-state index in [-0.39, 0.29) is 36.1 Å². The fourth-order valence-corrected chi connectivity index (χ4v) is 1.91. The van der Waals surface area contributed by atoms with Crippen LogP contribution in [0.1, 0.15) is 18.5 Å². The third-order valence-corrected chi connectivity index (χ3v) is 2.92. The van der Waals surface area contributed by atoms with E-state index in [1.807, 2.05) is 0 Å². The number of nitrogens with two attached hydrogens (primary N) is 1. The number of ether oxygens (including phenoxy) is 4. The Hall–Kier alpha value is -1.73. The van der Waals surface area contributed by atoms with Gasteiger partial charge in [0.2, 0.25) is 11.9 Å². The molecule has 0 aromatic heterocycles. The Morgan fingerprint density at radius 1 is 1.18 bits per heavy atom. The van der Waals surface area contributed by atoms with E-state index < -0.39 is 18.2 Å². The Bertz CT molecular complexity index is 500. The summed E-state index contributed by atoms with van der Waals surface area (Å²) in [6.45, 7) is 1.67. The van der Waals surface area contributed by atoms with E-state index in [0.29, 0.717) is 5.75 Å². The molecule has 1 rings (SSSR count). The molecule has 8 heteroatoms. The van der Waals surface area contributed by atoms with Crippen molar-refractivity contribution >= 4 is 18.4 Å². The lowest BCUT2D eigenvalue weighted by atomic mass is 10.0. The molecule has 0 aliphatic heterocycles. The molecule has 0 amide bonds. The Kier molecular flexibility index (Phi) is 8.59. The summed E-state index contributed by atoms with van der Waals surface area (Å²) >= 11 is 0. The zero-order valence-corrected chi connectivity index (χ0v) is 13.7. The Morgan fingerprint density at radius 2 is 1.77 bits per heavy atom. The van der Waals surface area contributed by atoms with E-state index >= 15 is 0 Å². The fourth-order valence-electron chi connectivity index (χ4n) is 1.91. The maximum absolute atomic E-state index is 14.1. The van der Waals surface area contributed by atoms with Crippen molar-refractivity contribution in [1.82, 2.24) is 0 Å². The van der Waals surface area contributed by atoms with Gasteiger partial charge in [0.25, 0.3) is 0 Å². The molecule has 126 valence electrons. The minimum atomic E-state index is -2.00. The van der Waals surface area contributed by atoms with Crippen molar-refractivity contribution in [3.8, 4) is 17.2 Å². The van der Waals surface area contributed by atoms with Crippen LogP contribution in [0.15, 0.2) is 12.1 Å². The summed E-state index contributed by atoms with van der Waals surface area (Å²) in [5.74, 6) is -0.0982.